The van der Waals surface area contributed by atoms with Crippen LogP contribution in [0.2, 0.25) is 0 Å². The Hall–Kier alpha value is -3.49. The highest BCUT2D eigenvalue weighted by atomic mass is 19.1. The molecule has 0 saturated carbocycles. The molecule has 0 bridgehead atoms. The van der Waals surface area contributed by atoms with Crippen molar-refractivity contribution in [1.29, 1.82) is 0 Å². The Morgan fingerprint density at radius 3 is 2.58 bits per heavy atom. The second kappa shape index (κ2) is 7.68. The van der Waals surface area contributed by atoms with Crippen molar-refractivity contribution in [3.05, 3.63) is 64.2 Å². The van der Waals surface area contributed by atoms with E-state index in [-0.39, 0.29) is 5.76 Å². The number of furan rings is 1. The Balaban J connectivity index is 1.79. The van der Waals surface area contributed by atoms with E-state index < -0.39 is 35.1 Å². The summed E-state index contributed by atoms with van der Waals surface area (Å²) < 4.78 is 22.2. The van der Waals surface area contributed by atoms with Gasteiger partial charge in [-0.15, -0.1) is 0 Å². The quantitative estimate of drug-likeness (QED) is 0.376. The first-order valence-electron chi connectivity index (χ1n) is 6.58. The first kappa shape index (κ1) is 16.9. The predicted octanol–water partition coefficient (Wildman–Crippen LogP) is 2.52. The van der Waals surface area contributed by atoms with Gasteiger partial charge in [0.15, 0.2) is 6.61 Å². The van der Waals surface area contributed by atoms with Crippen LogP contribution in [0.4, 0.5) is 16.0 Å². The lowest BCUT2D eigenvalue weighted by Crippen LogP contribution is -2.20. The van der Waals surface area contributed by atoms with E-state index in [1.807, 2.05) is 0 Å². The highest BCUT2D eigenvalue weighted by Crippen LogP contribution is 2.16. The average molecular weight is 334 g/mol. The average Bonchev–Trinajstić information content (AvgIpc) is 3.02. The van der Waals surface area contributed by atoms with Gasteiger partial charge in [-0.2, -0.15) is 0 Å². The van der Waals surface area contributed by atoms with Gasteiger partial charge in [0.2, 0.25) is 0 Å². The smallest absolute Gasteiger partial charge is 0.433 e. The van der Waals surface area contributed by atoms with E-state index in [4.69, 9.17) is 4.42 Å². The van der Waals surface area contributed by atoms with Crippen molar-refractivity contribution in [3.8, 4) is 0 Å². The third-order valence-electron chi connectivity index (χ3n) is 2.65. The molecule has 124 valence electrons. The molecular formula is C15H11FN2O6. The number of carbonyl (C=O) groups is 2. The van der Waals surface area contributed by atoms with Crippen LogP contribution in [0.1, 0.15) is 5.76 Å². The summed E-state index contributed by atoms with van der Waals surface area (Å²) in [5.74, 6) is -2.24. The third-order valence-corrected chi connectivity index (χ3v) is 2.65. The highest BCUT2D eigenvalue weighted by molar-refractivity contribution is 5.94. The van der Waals surface area contributed by atoms with Gasteiger partial charge in [0, 0.05) is 11.8 Å². The summed E-state index contributed by atoms with van der Waals surface area (Å²) >= 11 is 0. The molecular weight excluding hydrogens is 323 g/mol. The second-order valence-corrected chi connectivity index (χ2v) is 4.43. The summed E-state index contributed by atoms with van der Waals surface area (Å²) in [6.07, 6.45) is 2.14. The zero-order chi connectivity index (χ0) is 17.5. The van der Waals surface area contributed by atoms with Crippen molar-refractivity contribution >= 4 is 29.5 Å². The summed E-state index contributed by atoms with van der Waals surface area (Å²) in [6.45, 7) is -0.543. The van der Waals surface area contributed by atoms with Gasteiger partial charge in [0.1, 0.15) is 16.5 Å². The monoisotopic (exact) mass is 334 g/mol. The third kappa shape index (κ3) is 5.05. The van der Waals surface area contributed by atoms with Crippen molar-refractivity contribution in [2.75, 3.05) is 11.9 Å². The second-order valence-electron chi connectivity index (χ2n) is 4.43. The molecule has 0 spiro atoms. The van der Waals surface area contributed by atoms with E-state index in [0.29, 0.717) is 5.69 Å². The SMILES string of the molecule is O=C(COC(=O)/C=C/c1ccc([N+](=O)[O-])o1)Nc1ccc(F)cc1. The molecule has 0 atom stereocenters. The lowest BCUT2D eigenvalue weighted by Gasteiger charge is -2.05. The van der Waals surface area contributed by atoms with Crippen molar-refractivity contribution < 1.29 is 28.1 Å². The molecule has 0 aliphatic heterocycles. The van der Waals surface area contributed by atoms with E-state index in [2.05, 4.69) is 10.1 Å². The number of benzene rings is 1. The minimum atomic E-state index is -0.830. The molecule has 9 heteroatoms. The fraction of sp³-hybridized carbons (Fsp3) is 0.0667. The van der Waals surface area contributed by atoms with Crippen LogP contribution in [0, 0.1) is 15.9 Å². The number of halogens is 1. The van der Waals surface area contributed by atoms with E-state index in [0.717, 1.165) is 12.1 Å². The molecule has 1 amide bonds. The number of esters is 1. The number of amides is 1. The first-order valence-corrected chi connectivity index (χ1v) is 6.58. The zero-order valence-corrected chi connectivity index (χ0v) is 12.1. The summed E-state index contributed by atoms with van der Waals surface area (Å²) in [4.78, 5) is 32.7. The van der Waals surface area contributed by atoms with Crippen LogP contribution in [0.25, 0.3) is 6.08 Å². The molecule has 0 saturated heterocycles. The number of nitrogens with zero attached hydrogens (tertiary/aromatic N) is 1. The Kier molecular flexibility index (Phi) is 5.40. The molecule has 8 nitrogen and oxygen atoms in total. The van der Waals surface area contributed by atoms with Gasteiger partial charge in [0.25, 0.3) is 5.91 Å². The molecule has 2 aromatic rings. The van der Waals surface area contributed by atoms with E-state index in [1.54, 1.807) is 0 Å². The maximum Gasteiger partial charge on any atom is 0.433 e. The van der Waals surface area contributed by atoms with Gasteiger partial charge >= 0.3 is 11.9 Å². The predicted molar refractivity (Wildman–Crippen MR) is 80.4 cm³/mol. The van der Waals surface area contributed by atoms with Gasteiger partial charge in [-0.25, -0.2) is 9.18 Å². The highest BCUT2D eigenvalue weighted by Gasteiger charge is 2.10. The number of hydrogen-bond donors (Lipinski definition) is 1. The maximum atomic E-state index is 12.7. The zero-order valence-electron chi connectivity index (χ0n) is 12.1. The normalized spacial score (nSPS) is 10.5. The van der Waals surface area contributed by atoms with Crippen molar-refractivity contribution in [2.45, 2.75) is 0 Å². The molecule has 1 aromatic carbocycles. The fourth-order valence-corrected chi connectivity index (χ4v) is 1.60. The largest absolute Gasteiger partial charge is 0.452 e. The molecule has 2 rings (SSSR count). The van der Waals surface area contributed by atoms with Gasteiger partial charge in [0.05, 0.1) is 6.07 Å². The summed E-state index contributed by atoms with van der Waals surface area (Å²) in [7, 11) is 0. The van der Waals surface area contributed by atoms with Crippen molar-refractivity contribution in [3.63, 3.8) is 0 Å². The summed E-state index contributed by atoms with van der Waals surface area (Å²) in [5.41, 5.74) is 0.357. The topological polar surface area (TPSA) is 112 Å². The number of anilines is 1. The molecule has 0 unspecified atom stereocenters. The van der Waals surface area contributed by atoms with Crippen LogP contribution in [0.5, 0.6) is 0 Å². The standard InChI is InChI=1S/C15H11FN2O6/c16-10-1-3-11(4-2-10)17-13(19)9-23-15(20)8-6-12-5-7-14(24-12)18(21)22/h1-8H,9H2,(H,17,19)/b8-6+. The minimum Gasteiger partial charge on any atom is -0.452 e. The van der Waals surface area contributed by atoms with E-state index in [1.165, 1.54) is 36.4 Å². The van der Waals surface area contributed by atoms with Crippen LogP contribution >= 0.6 is 0 Å². The summed E-state index contributed by atoms with van der Waals surface area (Å²) in [6, 6.07) is 7.52. The number of nitrogens with one attached hydrogen (secondary N) is 1. The van der Waals surface area contributed by atoms with Crippen molar-refractivity contribution in [2.24, 2.45) is 0 Å². The number of carbonyl (C=O) groups excluding carboxylic acids is 2. The maximum absolute atomic E-state index is 12.7. The van der Waals surface area contributed by atoms with Crippen LogP contribution in [0.3, 0.4) is 0 Å². The number of rotatable bonds is 6. The summed E-state index contributed by atoms with van der Waals surface area (Å²) in [5, 5.41) is 12.8. The van der Waals surface area contributed by atoms with Gasteiger partial charge in [-0.1, -0.05) is 0 Å². The van der Waals surface area contributed by atoms with Gasteiger partial charge in [-0.05, 0) is 36.4 Å². The van der Waals surface area contributed by atoms with E-state index >= 15 is 0 Å². The molecule has 0 radical (unpaired) electrons. The van der Waals surface area contributed by atoms with Gasteiger partial charge < -0.3 is 14.5 Å². The Morgan fingerprint density at radius 1 is 1.25 bits per heavy atom. The van der Waals surface area contributed by atoms with Crippen molar-refractivity contribution in [1.82, 2.24) is 0 Å². The lowest BCUT2D eigenvalue weighted by molar-refractivity contribution is -0.402. The molecule has 1 aromatic heterocycles. The van der Waals surface area contributed by atoms with E-state index in [9.17, 15) is 24.1 Å². The van der Waals surface area contributed by atoms with Crippen LogP contribution < -0.4 is 5.32 Å². The fourth-order valence-electron chi connectivity index (χ4n) is 1.60. The molecule has 0 aliphatic rings. The number of ether oxygens (including phenoxy) is 1. The minimum absolute atomic E-state index is 0.0920. The number of hydrogen-bond acceptors (Lipinski definition) is 6. The van der Waals surface area contributed by atoms with Crippen LogP contribution in [-0.4, -0.2) is 23.4 Å². The molecule has 0 aliphatic carbocycles. The van der Waals surface area contributed by atoms with Crippen LogP contribution in [0.15, 0.2) is 46.9 Å². The molecule has 1 N–H and O–H groups in total. The molecule has 24 heavy (non-hydrogen) atoms. The molecule has 1 heterocycles. The number of nitro groups is 1. The lowest BCUT2D eigenvalue weighted by atomic mass is 10.3. The van der Waals surface area contributed by atoms with Crippen LogP contribution in [-0.2, 0) is 14.3 Å². The molecule has 0 fully saturated rings. The first-order chi connectivity index (χ1) is 11.4. The Morgan fingerprint density at radius 2 is 1.96 bits per heavy atom. The Labute approximate surface area is 134 Å². The Bertz CT molecular complexity index is 782. The van der Waals surface area contributed by atoms with Gasteiger partial charge in [-0.3, -0.25) is 14.9 Å².